The third kappa shape index (κ3) is 9.26. The van der Waals surface area contributed by atoms with Gasteiger partial charge in [0.15, 0.2) is 0 Å². The van der Waals surface area contributed by atoms with Gasteiger partial charge < -0.3 is 36.9 Å². The van der Waals surface area contributed by atoms with E-state index >= 15 is 0 Å². The van der Waals surface area contributed by atoms with Crippen molar-refractivity contribution in [3.63, 3.8) is 0 Å². The molecule has 0 aliphatic rings. The topological polar surface area (TPSA) is 187 Å². The molecule has 8 N–H and O–H groups in total. The SMILES string of the molecule is CSCCC(NC(=O)C(CCSC)NC(=O)C(CO)NC(=O)C(N)Cc1c[nH]c2ccccc12)C(=O)O. The first kappa shape index (κ1) is 30.5. The maximum absolute atomic E-state index is 12.9. The number of aromatic nitrogens is 1. The average Bonchev–Trinajstić information content (AvgIpc) is 3.29. The number of aliphatic hydroxyl groups is 1. The summed E-state index contributed by atoms with van der Waals surface area (Å²) < 4.78 is 0. The van der Waals surface area contributed by atoms with E-state index in [0.717, 1.165) is 16.5 Å². The van der Waals surface area contributed by atoms with E-state index in [2.05, 4.69) is 20.9 Å². The van der Waals surface area contributed by atoms with Gasteiger partial charge in [-0.2, -0.15) is 23.5 Å². The Bertz CT molecular complexity index is 1070. The molecule has 0 aliphatic heterocycles. The number of para-hydroxylation sites is 1. The molecule has 37 heavy (non-hydrogen) atoms. The molecule has 0 saturated carbocycles. The minimum atomic E-state index is -1.34. The van der Waals surface area contributed by atoms with Gasteiger partial charge in [-0.25, -0.2) is 4.79 Å². The number of carbonyl (C=O) groups is 4. The summed E-state index contributed by atoms with van der Waals surface area (Å²) in [6, 6.07) is 3.13. The van der Waals surface area contributed by atoms with Crippen LogP contribution in [0.3, 0.4) is 0 Å². The molecule has 0 bridgehead atoms. The van der Waals surface area contributed by atoms with Crippen LogP contribution in [0.15, 0.2) is 30.5 Å². The van der Waals surface area contributed by atoms with E-state index in [1.54, 1.807) is 6.20 Å². The number of benzene rings is 1. The summed E-state index contributed by atoms with van der Waals surface area (Å²) >= 11 is 2.91. The monoisotopic (exact) mass is 553 g/mol. The van der Waals surface area contributed by atoms with Crippen LogP contribution in [-0.4, -0.2) is 93.7 Å². The van der Waals surface area contributed by atoms with E-state index in [-0.39, 0.29) is 19.3 Å². The molecule has 1 heterocycles. The Morgan fingerprint density at radius 1 is 0.919 bits per heavy atom. The lowest BCUT2D eigenvalue weighted by atomic mass is 10.0. The predicted molar refractivity (Wildman–Crippen MR) is 146 cm³/mol. The fourth-order valence-corrected chi connectivity index (χ4v) is 4.59. The van der Waals surface area contributed by atoms with Gasteiger partial charge in [0.25, 0.3) is 0 Å². The number of aliphatic hydroxyl groups excluding tert-OH is 1. The zero-order valence-electron chi connectivity index (χ0n) is 20.9. The molecular formula is C24H35N5O6S2. The smallest absolute Gasteiger partial charge is 0.326 e. The maximum Gasteiger partial charge on any atom is 0.326 e. The van der Waals surface area contributed by atoms with E-state index in [1.165, 1.54) is 23.5 Å². The van der Waals surface area contributed by atoms with E-state index in [9.17, 15) is 29.4 Å². The van der Waals surface area contributed by atoms with Crippen LogP contribution in [0.4, 0.5) is 0 Å². The van der Waals surface area contributed by atoms with Crippen LogP contribution >= 0.6 is 23.5 Å². The summed E-state index contributed by atoms with van der Waals surface area (Å²) in [7, 11) is 0. The third-order valence-corrected chi connectivity index (χ3v) is 7.02. The van der Waals surface area contributed by atoms with Gasteiger partial charge in [0.2, 0.25) is 17.7 Å². The molecule has 0 spiro atoms. The fraction of sp³-hybridized carbons (Fsp3) is 0.500. The summed E-state index contributed by atoms with van der Waals surface area (Å²) in [6.07, 6.45) is 6.11. The number of carboxylic acid groups (broad SMARTS) is 1. The van der Waals surface area contributed by atoms with Crippen LogP contribution < -0.4 is 21.7 Å². The summed E-state index contributed by atoms with van der Waals surface area (Å²) in [6.45, 7) is -0.709. The molecule has 11 nitrogen and oxygen atoms in total. The van der Waals surface area contributed by atoms with Gasteiger partial charge in [-0.15, -0.1) is 0 Å². The Balaban J connectivity index is 2.02. The molecular weight excluding hydrogens is 518 g/mol. The lowest BCUT2D eigenvalue weighted by molar-refractivity contribution is -0.142. The second kappa shape index (κ2) is 15.5. The number of amides is 3. The third-order valence-electron chi connectivity index (χ3n) is 5.74. The van der Waals surface area contributed by atoms with Crippen molar-refractivity contribution < 1.29 is 29.4 Å². The second-order valence-electron chi connectivity index (χ2n) is 8.44. The number of hydrogen-bond donors (Lipinski definition) is 7. The van der Waals surface area contributed by atoms with Gasteiger partial charge >= 0.3 is 5.97 Å². The summed E-state index contributed by atoms with van der Waals surface area (Å²) in [5.74, 6) is -2.15. The number of carboxylic acids is 1. The van der Waals surface area contributed by atoms with Gasteiger partial charge in [-0.05, 0) is 54.9 Å². The number of aliphatic carboxylic acids is 1. The zero-order chi connectivity index (χ0) is 27.4. The Kier molecular flexibility index (Phi) is 12.8. The minimum absolute atomic E-state index is 0.209. The number of H-pyrrole nitrogens is 1. The highest BCUT2D eigenvalue weighted by atomic mass is 32.2. The van der Waals surface area contributed by atoms with E-state index in [0.29, 0.717) is 11.5 Å². The number of carbonyl (C=O) groups excluding carboxylic acids is 3. The Morgan fingerprint density at radius 2 is 1.49 bits per heavy atom. The number of hydrogen-bond acceptors (Lipinski definition) is 8. The number of thioether (sulfide) groups is 2. The van der Waals surface area contributed by atoms with Crippen LogP contribution in [0, 0.1) is 0 Å². The Hall–Kier alpha value is -2.74. The van der Waals surface area contributed by atoms with Crippen LogP contribution in [0.1, 0.15) is 18.4 Å². The Labute approximate surface area is 224 Å². The van der Waals surface area contributed by atoms with Gasteiger partial charge in [-0.3, -0.25) is 14.4 Å². The van der Waals surface area contributed by atoms with Crippen LogP contribution in [0.2, 0.25) is 0 Å². The molecule has 13 heteroatoms. The molecule has 204 valence electrons. The quantitative estimate of drug-likeness (QED) is 0.151. The zero-order valence-corrected chi connectivity index (χ0v) is 22.5. The van der Waals surface area contributed by atoms with Crippen LogP contribution in [0.25, 0.3) is 10.9 Å². The molecule has 2 rings (SSSR count). The molecule has 2 aromatic rings. The van der Waals surface area contributed by atoms with Gasteiger partial charge in [0.1, 0.15) is 18.1 Å². The van der Waals surface area contributed by atoms with E-state index in [4.69, 9.17) is 5.73 Å². The number of nitrogens with two attached hydrogens (primary N) is 1. The van der Waals surface area contributed by atoms with Crippen molar-refractivity contribution in [1.82, 2.24) is 20.9 Å². The second-order valence-corrected chi connectivity index (χ2v) is 10.4. The average molecular weight is 554 g/mol. The van der Waals surface area contributed by atoms with Crippen molar-refractivity contribution in [2.45, 2.75) is 43.4 Å². The first-order valence-corrected chi connectivity index (χ1v) is 14.5. The molecule has 0 radical (unpaired) electrons. The lowest BCUT2D eigenvalue weighted by Crippen LogP contribution is -2.58. The van der Waals surface area contributed by atoms with Crippen molar-refractivity contribution in [1.29, 1.82) is 0 Å². The molecule has 0 saturated heterocycles. The highest BCUT2D eigenvalue weighted by Crippen LogP contribution is 2.18. The lowest BCUT2D eigenvalue weighted by Gasteiger charge is -2.24. The number of nitrogens with one attached hydrogen (secondary N) is 4. The first-order chi connectivity index (χ1) is 17.7. The minimum Gasteiger partial charge on any atom is -0.480 e. The number of fused-ring (bicyclic) bond motifs is 1. The van der Waals surface area contributed by atoms with Gasteiger partial charge in [0, 0.05) is 17.1 Å². The Morgan fingerprint density at radius 3 is 2.11 bits per heavy atom. The molecule has 0 aliphatic carbocycles. The fourth-order valence-electron chi connectivity index (χ4n) is 3.65. The van der Waals surface area contributed by atoms with Crippen LogP contribution in [0.5, 0.6) is 0 Å². The van der Waals surface area contributed by atoms with Gasteiger partial charge in [-0.1, -0.05) is 18.2 Å². The van der Waals surface area contributed by atoms with Crippen molar-refractivity contribution in [3.05, 3.63) is 36.0 Å². The first-order valence-electron chi connectivity index (χ1n) is 11.7. The predicted octanol–water partition coefficient (Wildman–Crippen LogP) is 0.0752. The highest BCUT2D eigenvalue weighted by Gasteiger charge is 2.30. The molecule has 3 amide bonds. The largest absolute Gasteiger partial charge is 0.480 e. The van der Waals surface area contributed by atoms with Crippen molar-refractivity contribution in [2.24, 2.45) is 5.73 Å². The summed E-state index contributed by atoms with van der Waals surface area (Å²) in [4.78, 5) is 53.0. The highest BCUT2D eigenvalue weighted by molar-refractivity contribution is 7.98. The molecule has 4 atom stereocenters. The van der Waals surface area contributed by atoms with Crippen molar-refractivity contribution in [3.8, 4) is 0 Å². The van der Waals surface area contributed by atoms with Gasteiger partial charge in [0.05, 0.1) is 12.6 Å². The number of rotatable bonds is 16. The summed E-state index contributed by atoms with van der Waals surface area (Å²) in [5.41, 5.74) is 7.82. The molecule has 1 aromatic carbocycles. The molecule has 4 unspecified atom stereocenters. The normalized spacial score (nSPS) is 14.4. The standard InChI is InChI=1S/C24H35N5O6S2/c1-36-9-7-18(22(32)28-19(24(34)35)8-10-37-2)27-23(33)20(13-30)29-21(31)16(25)11-14-12-26-17-6-4-3-5-15(14)17/h3-6,12,16,18-20,26,30H,7-11,13,25H2,1-2H3,(H,27,33)(H,28,32)(H,29,31)(H,34,35). The number of aromatic amines is 1. The van der Waals surface area contributed by atoms with Crippen molar-refractivity contribution in [2.75, 3.05) is 30.6 Å². The summed E-state index contributed by atoms with van der Waals surface area (Å²) in [5, 5.41) is 27.6. The van der Waals surface area contributed by atoms with Crippen LogP contribution in [-0.2, 0) is 25.6 Å². The van der Waals surface area contributed by atoms with E-state index in [1.807, 2.05) is 36.8 Å². The van der Waals surface area contributed by atoms with Crippen molar-refractivity contribution >= 4 is 58.1 Å². The van der Waals surface area contributed by atoms with E-state index < -0.39 is 54.5 Å². The molecule has 0 fully saturated rings. The maximum atomic E-state index is 12.9. The molecule has 1 aromatic heterocycles.